The van der Waals surface area contributed by atoms with Crippen LogP contribution in [0.25, 0.3) is 11.3 Å². The molecule has 118 valence electrons. The second-order valence-electron chi connectivity index (χ2n) is 4.49. The first kappa shape index (κ1) is 15.2. The average molecular weight is 339 g/mol. The standard InChI is InChI=1S/C14H8F3N3O2S/c15-9-6-10(8-18-7-9)23(21,22)20-5-3-12(16)13(20)11-2-1-4-19-14(11)17/h1-8H. The zero-order valence-electron chi connectivity index (χ0n) is 11.3. The summed E-state index contributed by atoms with van der Waals surface area (Å²) >= 11 is 0. The smallest absolute Gasteiger partial charge is 0.260 e. The number of aromatic nitrogens is 3. The summed E-state index contributed by atoms with van der Waals surface area (Å²) in [6, 6.07) is 4.14. The Bertz CT molecular complexity index is 986. The van der Waals surface area contributed by atoms with Gasteiger partial charge in [-0.3, -0.25) is 4.98 Å². The van der Waals surface area contributed by atoms with Crippen molar-refractivity contribution in [2.24, 2.45) is 0 Å². The van der Waals surface area contributed by atoms with Gasteiger partial charge in [0.25, 0.3) is 10.0 Å². The van der Waals surface area contributed by atoms with Crippen LogP contribution in [0, 0.1) is 17.6 Å². The molecule has 3 aromatic heterocycles. The highest BCUT2D eigenvalue weighted by Gasteiger charge is 2.25. The Morgan fingerprint density at radius 3 is 2.57 bits per heavy atom. The van der Waals surface area contributed by atoms with Crippen molar-refractivity contribution in [3.63, 3.8) is 0 Å². The van der Waals surface area contributed by atoms with Crippen molar-refractivity contribution in [2.75, 3.05) is 0 Å². The molecule has 0 spiro atoms. The Labute approximate surface area is 129 Å². The summed E-state index contributed by atoms with van der Waals surface area (Å²) in [5.74, 6) is -2.85. The third kappa shape index (κ3) is 2.59. The first-order chi connectivity index (χ1) is 10.9. The maximum Gasteiger partial charge on any atom is 0.269 e. The van der Waals surface area contributed by atoms with Crippen molar-refractivity contribution in [3.8, 4) is 11.3 Å². The van der Waals surface area contributed by atoms with E-state index in [4.69, 9.17) is 0 Å². The third-order valence-electron chi connectivity index (χ3n) is 3.05. The number of halogens is 3. The van der Waals surface area contributed by atoms with Crippen molar-refractivity contribution in [2.45, 2.75) is 4.90 Å². The third-order valence-corrected chi connectivity index (χ3v) is 4.69. The lowest BCUT2D eigenvalue weighted by Crippen LogP contribution is -2.14. The van der Waals surface area contributed by atoms with Crippen LogP contribution in [-0.4, -0.2) is 22.4 Å². The van der Waals surface area contributed by atoms with Crippen LogP contribution in [0.15, 0.2) is 53.9 Å². The lowest BCUT2D eigenvalue weighted by atomic mass is 10.2. The molecule has 0 aliphatic rings. The van der Waals surface area contributed by atoms with Crippen LogP contribution in [0.3, 0.4) is 0 Å². The first-order valence-corrected chi connectivity index (χ1v) is 7.69. The summed E-state index contributed by atoms with van der Waals surface area (Å²) in [5, 5.41) is 0. The summed E-state index contributed by atoms with van der Waals surface area (Å²) in [6.07, 6.45) is 3.81. The number of pyridine rings is 2. The van der Waals surface area contributed by atoms with E-state index in [2.05, 4.69) is 9.97 Å². The van der Waals surface area contributed by atoms with E-state index in [9.17, 15) is 21.6 Å². The van der Waals surface area contributed by atoms with Gasteiger partial charge in [-0.1, -0.05) is 0 Å². The number of nitrogens with zero attached hydrogens (tertiary/aromatic N) is 3. The quantitative estimate of drug-likeness (QED) is 0.688. The summed E-state index contributed by atoms with van der Waals surface area (Å²) in [7, 11) is -4.36. The SMILES string of the molecule is O=S(=O)(c1cncc(F)c1)n1ccc(F)c1-c1cccnc1F. The fraction of sp³-hybridized carbons (Fsp3) is 0. The molecular weight excluding hydrogens is 331 g/mol. The fourth-order valence-corrected chi connectivity index (χ4v) is 3.38. The molecule has 0 bridgehead atoms. The van der Waals surface area contributed by atoms with E-state index >= 15 is 0 Å². The van der Waals surface area contributed by atoms with Gasteiger partial charge in [0, 0.05) is 18.6 Å². The predicted molar refractivity (Wildman–Crippen MR) is 74.4 cm³/mol. The molecule has 9 heteroatoms. The van der Waals surface area contributed by atoms with Gasteiger partial charge in [0.2, 0.25) is 5.95 Å². The first-order valence-electron chi connectivity index (χ1n) is 6.25. The van der Waals surface area contributed by atoms with Crippen LogP contribution in [0.5, 0.6) is 0 Å². The van der Waals surface area contributed by atoms with Gasteiger partial charge in [0.1, 0.15) is 22.2 Å². The van der Waals surface area contributed by atoms with E-state index in [1.165, 1.54) is 12.1 Å². The molecular formula is C14H8F3N3O2S. The van der Waals surface area contributed by atoms with Gasteiger partial charge in [0.05, 0.1) is 11.8 Å². The Kier molecular flexibility index (Phi) is 3.64. The van der Waals surface area contributed by atoms with Gasteiger partial charge in [-0.25, -0.2) is 26.2 Å². The Morgan fingerprint density at radius 2 is 1.87 bits per heavy atom. The van der Waals surface area contributed by atoms with Crippen molar-refractivity contribution in [1.29, 1.82) is 0 Å². The van der Waals surface area contributed by atoms with E-state index < -0.39 is 38.2 Å². The summed E-state index contributed by atoms with van der Waals surface area (Å²) < 4.78 is 66.7. The van der Waals surface area contributed by atoms with E-state index in [0.29, 0.717) is 3.97 Å². The van der Waals surface area contributed by atoms with Crippen molar-refractivity contribution in [3.05, 3.63) is 66.6 Å². The monoisotopic (exact) mass is 339 g/mol. The van der Waals surface area contributed by atoms with Gasteiger partial charge >= 0.3 is 0 Å². The van der Waals surface area contributed by atoms with E-state index in [1.54, 1.807) is 0 Å². The number of rotatable bonds is 3. The maximum atomic E-state index is 14.0. The van der Waals surface area contributed by atoms with Crippen LogP contribution in [0.2, 0.25) is 0 Å². The number of hydrogen-bond donors (Lipinski definition) is 0. The molecule has 0 aliphatic carbocycles. The van der Waals surface area contributed by atoms with Crippen molar-refractivity contribution >= 4 is 10.0 Å². The molecule has 3 rings (SSSR count). The molecule has 0 unspecified atom stereocenters. The van der Waals surface area contributed by atoms with Crippen LogP contribution >= 0.6 is 0 Å². The molecule has 0 radical (unpaired) electrons. The zero-order chi connectivity index (χ0) is 16.6. The lowest BCUT2D eigenvalue weighted by molar-refractivity contribution is 0.574. The molecule has 0 atom stereocenters. The average Bonchev–Trinajstić information content (AvgIpc) is 2.90. The maximum absolute atomic E-state index is 14.0. The topological polar surface area (TPSA) is 64.8 Å². The van der Waals surface area contributed by atoms with Crippen LogP contribution in [0.4, 0.5) is 13.2 Å². The summed E-state index contributed by atoms with van der Waals surface area (Å²) in [5.41, 5.74) is -0.859. The molecule has 0 saturated carbocycles. The molecule has 0 amide bonds. The minimum absolute atomic E-state index is 0.331. The molecule has 0 fully saturated rings. The van der Waals surface area contributed by atoms with Crippen LogP contribution in [0.1, 0.15) is 0 Å². The van der Waals surface area contributed by atoms with Gasteiger partial charge in [0.15, 0.2) is 0 Å². The normalized spacial score (nSPS) is 11.6. The lowest BCUT2D eigenvalue weighted by Gasteiger charge is -2.11. The van der Waals surface area contributed by atoms with E-state index in [1.807, 2.05) is 0 Å². The van der Waals surface area contributed by atoms with Crippen molar-refractivity contribution in [1.82, 2.24) is 13.9 Å². The van der Waals surface area contributed by atoms with E-state index in [-0.39, 0.29) is 5.56 Å². The molecule has 0 aliphatic heterocycles. The molecule has 0 N–H and O–H groups in total. The largest absolute Gasteiger partial charge is 0.269 e. The Hall–Kier alpha value is -2.68. The van der Waals surface area contributed by atoms with Crippen LogP contribution in [-0.2, 0) is 10.0 Å². The minimum atomic E-state index is -4.36. The van der Waals surface area contributed by atoms with Crippen LogP contribution < -0.4 is 0 Å². The molecule has 3 aromatic rings. The van der Waals surface area contributed by atoms with Gasteiger partial charge in [-0.15, -0.1) is 0 Å². The number of hydrogen-bond acceptors (Lipinski definition) is 4. The highest BCUT2D eigenvalue weighted by molar-refractivity contribution is 7.90. The highest BCUT2D eigenvalue weighted by Crippen LogP contribution is 2.29. The second kappa shape index (κ2) is 5.51. The molecule has 0 aromatic carbocycles. The fourth-order valence-electron chi connectivity index (χ4n) is 2.05. The molecule has 3 heterocycles. The molecule has 0 saturated heterocycles. The van der Waals surface area contributed by atoms with Gasteiger partial charge in [-0.2, -0.15) is 4.39 Å². The van der Waals surface area contributed by atoms with E-state index in [0.717, 1.165) is 36.9 Å². The minimum Gasteiger partial charge on any atom is -0.260 e. The predicted octanol–water partition coefficient (Wildman–Crippen LogP) is 2.60. The molecule has 5 nitrogen and oxygen atoms in total. The van der Waals surface area contributed by atoms with Gasteiger partial charge in [-0.05, 0) is 24.3 Å². The Balaban J connectivity index is 2.25. The van der Waals surface area contributed by atoms with Gasteiger partial charge < -0.3 is 0 Å². The highest BCUT2D eigenvalue weighted by atomic mass is 32.2. The summed E-state index contributed by atoms with van der Waals surface area (Å²) in [4.78, 5) is 6.34. The zero-order valence-corrected chi connectivity index (χ0v) is 12.1. The Morgan fingerprint density at radius 1 is 1.09 bits per heavy atom. The molecule has 23 heavy (non-hydrogen) atoms. The van der Waals surface area contributed by atoms with Crippen molar-refractivity contribution < 1.29 is 21.6 Å². The summed E-state index contributed by atoms with van der Waals surface area (Å²) in [6.45, 7) is 0. The second-order valence-corrected chi connectivity index (χ2v) is 6.31.